The first kappa shape index (κ1) is 14.5. The van der Waals surface area contributed by atoms with Crippen molar-refractivity contribution in [2.24, 2.45) is 0 Å². The molecule has 1 N–H and O–H groups in total. The maximum absolute atomic E-state index is 10.7. The Kier molecular flexibility index (Phi) is 5.35. The second-order valence-corrected chi connectivity index (χ2v) is 3.45. The highest BCUT2D eigenvalue weighted by Crippen LogP contribution is 2.08. The van der Waals surface area contributed by atoms with Gasteiger partial charge in [0.15, 0.2) is 5.76 Å². The summed E-state index contributed by atoms with van der Waals surface area (Å²) in [7, 11) is 0. The van der Waals surface area contributed by atoms with E-state index in [2.05, 4.69) is 11.3 Å². The first-order valence-corrected chi connectivity index (χ1v) is 5.58. The molecule has 0 saturated carbocycles. The summed E-state index contributed by atoms with van der Waals surface area (Å²) >= 11 is 0. The van der Waals surface area contributed by atoms with Crippen LogP contribution in [0, 0.1) is 0 Å². The Morgan fingerprint density at radius 2 is 2.00 bits per heavy atom. The Hall–Kier alpha value is -2.56. The standard InChI is InChI=1S/C9H6O2.C5H8O3/c10-9-6-5-7-3-1-2-4-8(7)11-9;1-3-8-4(2)5(6)7/h1-6H;2-3H2,1H3,(H,6,7). The van der Waals surface area contributed by atoms with E-state index in [1.54, 1.807) is 19.1 Å². The van der Waals surface area contributed by atoms with E-state index in [1.807, 2.05) is 18.2 Å². The van der Waals surface area contributed by atoms with Crippen LogP contribution in [0.5, 0.6) is 0 Å². The molecule has 19 heavy (non-hydrogen) atoms. The molecule has 0 spiro atoms. The predicted molar refractivity (Wildman–Crippen MR) is 70.9 cm³/mol. The zero-order chi connectivity index (χ0) is 14.3. The highest BCUT2D eigenvalue weighted by molar-refractivity contribution is 5.83. The molecule has 0 amide bonds. The fourth-order valence-electron chi connectivity index (χ4n) is 1.25. The van der Waals surface area contributed by atoms with E-state index in [9.17, 15) is 9.59 Å². The average Bonchev–Trinajstić information content (AvgIpc) is 2.39. The van der Waals surface area contributed by atoms with E-state index in [0.29, 0.717) is 12.2 Å². The normalized spacial score (nSPS) is 9.32. The van der Waals surface area contributed by atoms with Crippen molar-refractivity contribution < 1.29 is 19.1 Å². The molecule has 5 heteroatoms. The summed E-state index contributed by atoms with van der Waals surface area (Å²) in [5.74, 6) is -1.31. The second-order valence-electron chi connectivity index (χ2n) is 3.45. The Morgan fingerprint density at radius 1 is 1.32 bits per heavy atom. The molecule has 2 rings (SSSR count). The van der Waals surface area contributed by atoms with Crippen LogP contribution in [0.25, 0.3) is 11.0 Å². The molecule has 2 aromatic rings. The number of hydrogen-bond donors (Lipinski definition) is 1. The number of ether oxygens (including phenoxy) is 1. The third-order valence-corrected chi connectivity index (χ3v) is 2.09. The molecule has 0 aliphatic rings. The molecule has 0 radical (unpaired) electrons. The molecular formula is C14H14O5. The van der Waals surface area contributed by atoms with E-state index in [-0.39, 0.29) is 11.4 Å². The van der Waals surface area contributed by atoms with Gasteiger partial charge in [-0.15, -0.1) is 0 Å². The summed E-state index contributed by atoms with van der Waals surface area (Å²) in [4.78, 5) is 20.6. The molecule has 0 saturated heterocycles. The van der Waals surface area contributed by atoms with Gasteiger partial charge < -0.3 is 14.3 Å². The molecule has 0 fully saturated rings. The zero-order valence-electron chi connectivity index (χ0n) is 10.5. The lowest BCUT2D eigenvalue weighted by Gasteiger charge is -1.97. The van der Waals surface area contributed by atoms with Gasteiger partial charge in [0.25, 0.3) is 0 Å². The quantitative estimate of drug-likeness (QED) is 0.522. The molecular weight excluding hydrogens is 248 g/mol. The maximum Gasteiger partial charge on any atom is 0.370 e. The van der Waals surface area contributed by atoms with Gasteiger partial charge in [0.2, 0.25) is 0 Å². The fraction of sp³-hybridized carbons (Fsp3) is 0.143. The molecule has 1 heterocycles. The van der Waals surface area contributed by atoms with Gasteiger partial charge in [0.05, 0.1) is 6.61 Å². The first-order valence-electron chi connectivity index (χ1n) is 5.58. The smallest absolute Gasteiger partial charge is 0.370 e. The minimum atomic E-state index is -1.10. The van der Waals surface area contributed by atoms with Crippen LogP contribution >= 0.6 is 0 Å². The summed E-state index contributed by atoms with van der Waals surface area (Å²) in [6, 6.07) is 10.6. The number of benzene rings is 1. The maximum atomic E-state index is 10.7. The monoisotopic (exact) mass is 262 g/mol. The third kappa shape index (κ3) is 4.67. The molecule has 0 aliphatic heterocycles. The third-order valence-electron chi connectivity index (χ3n) is 2.09. The van der Waals surface area contributed by atoms with Crippen molar-refractivity contribution in [2.45, 2.75) is 6.92 Å². The number of aliphatic carboxylic acids is 1. The minimum Gasteiger partial charge on any atom is -0.487 e. The van der Waals surface area contributed by atoms with E-state index in [4.69, 9.17) is 9.52 Å². The number of carbonyl (C=O) groups is 1. The predicted octanol–water partition coefficient (Wildman–Crippen LogP) is 2.41. The van der Waals surface area contributed by atoms with Crippen LogP contribution in [0.15, 0.2) is 57.9 Å². The van der Waals surface area contributed by atoms with Crippen LogP contribution in [0.3, 0.4) is 0 Å². The Labute approximate surface area is 109 Å². The van der Waals surface area contributed by atoms with Crippen LogP contribution in [0.4, 0.5) is 0 Å². The molecule has 1 aromatic heterocycles. The number of hydrogen-bond acceptors (Lipinski definition) is 4. The van der Waals surface area contributed by atoms with Crippen LogP contribution in [-0.2, 0) is 9.53 Å². The molecule has 0 aliphatic carbocycles. The summed E-state index contributed by atoms with van der Waals surface area (Å²) in [5, 5.41) is 9.04. The van der Waals surface area contributed by atoms with Crippen molar-refractivity contribution in [2.75, 3.05) is 6.61 Å². The van der Waals surface area contributed by atoms with Crippen molar-refractivity contribution >= 4 is 16.9 Å². The van der Waals surface area contributed by atoms with Crippen molar-refractivity contribution in [3.8, 4) is 0 Å². The SMILES string of the molecule is C=C(OCC)C(=O)O.O=c1ccc2ccccc2o1. The topological polar surface area (TPSA) is 76.7 Å². The lowest BCUT2D eigenvalue weighted by Crippen LogP contribution is -2.02. The average molecular weight is 262 g/mol. The number of fused-ring (bicyclic) bond motifs is 1. The number of rotatable bonds is 3. The van der Waals surface area contributed by atoms with E-state index in [1.165, 1.54) is 6.07 Å². The van der Waals surface area contributed by atoms with Gasteiger partial charge in [-0.05, 0) is 25.6 Å². The lowest BCUT2D eigenvalue weighted by molar-refractivity contribution is -0.136. The Balaban J connectivity index is 0.000000203. The van der Waals surface area contributed by atoms with Crippen molar-refractivity contribution in [3.63, 3.8) is 0 Å². The molecule has 0 unspecified atom stereocenters. The minimum absolute atomic E-state index is 0.201. The summed E-state index contributed by atoms with van der Waals surface area (Å²) in [5.41, 5.74) is 0.337. The van der Waals surface area contributed by atoms with Gasteiger partial charge in [0.1, 0.15) is 5.58 Å². The second kappa shape index (κ2) is 7.00. The van der Waals surface area contributed by atoms with E-state index in [0.717, 1.165) is 5.39 Å². The van der Waals surface area contributed by atoms with Crippen molar-refractivity contribution in [3.05, 3.63) is 59.2 Å². The lowest BCUT2D eigenvalue weighted by atomic mass is 10.2. The largest absolute Gasteiger partial charge is 0.487 e. The summed E-state index contributed by atoms with van der Waals surface area (Å²) in [6.07, 6.45) is 0. The van der Waals surface area contributed by atoms with E-state index < -0.39 is 5.97 Å². The first-order chi connectivity index (χ1) is 9.04. The fourth-order valence-corrected chi connectivity index (χ4v) is 1.25. The molecule has 0 bridgehead atoms. The van der Waals surface area contributed by atoms with Crippen LogP contribution in [-0.4, -0.2) is 17.7 Å². The zero-order valence-corrected chi connectivity index (χ0v) is 10.5. The van der Waals surface area contributed by atoms with Gasteiger partial charge in [-0.2, -0.15) is 0 Å². The van der Waals surface area contributed by atoms with E-state index >= 15 is 0 Å². The van der Waals surface area contributed by atoms with Gasteiger partial charge in [-0.25, -0.2) is 9.59 Å². The number of carboxylic acid groups (broad SMARTS) is 1. The van der Waals surface area contributed by atoms with Crippen LogP contribution in [0.2, 0.25) is 0 Å². The highest BCUT2D eigenvalue weighted by atomic mass is 16.5. The van der Waals surface area contributed by atoms with Gasteiger partial charge in [-0.1, -0.05) is 18.2 Å². The molecule has 1 aromatic carbocycles. The van der Waals surface area contributed by atoms with Crippen LogP contribution in [0.1, 0.15) is 6.92 Å². The van der Waals surface area contributed by atoms with Gasteiger partial charge in [-0.3, -0.25) is 0 Å². The van der Waals surface area contributed by atoms with Gasteiger partial charge in [0, 0.05) is 11.5 Å². The summed E-state index contributed by atoms with van der Waals surface area (Å²) < 4.78 is 9.42. The van der Waals surface area contributed by atoms with Crippen LogP contribution < -0.4 is 5.63 Å². The number of para-hydroxylation sites is 1. The highest BCUT2D eigenvalue weighted by Gasteiger charge is 2.00. The Morgan fingerprint density at radius 3 is 2.58 bits per heavy atom. The summed E-state index contributed by atoms with van der Waals surface area (Å²) in [6.45, 7) is 5.18. The van der Waals surface area contributed by atoms with Crippen molar-refractivity contribution in [1.29, 1.82) is 0 Å². The molecule has 5 nitrogen and oxygen atoms in total. The Bertz CT molecular complexity index is 627. The molecule has 100 valence electrons. The van der Waals surface area contributed by atoms with Gasteiger partial charge >= 0.3 is 11.6 Å². The molecule has 0 atom stereocenters. The number of carboxylic acids is 1. The van der Waals surface area contributed by atoms with Crippen molar-refractivity contribution in [1.82, 2.24) is 0 Å².